The lowest BCUT2D eigenvalue weighted by molar-refractivity contribution is -0.0320. The maximum absolute atomic E-state index is 13.0. The maximum atomic E-state index is 13.0. The van der Waals surface area contributed by atoms with Gasteiger partial charge in [0, 0.05) is 59.9 Å². The number of benzene rings is 1. The lowest BCUT2D eigenvalue weighted by Gasteiger charge is -2.27. The molecule has 194 valence electrons. The van der Waals surface area contributed by atoms with E-state index in [1.807, 2.05) is 56.6 Å². The number of carbonyl (C=O) groups is 1. The average Bonchev–Trinajstić information content (AvgIpc) is 3.69. The van der Waals surface area contributed by atoms with Crippen LogP contribution in [0.15, 0.2) is 42.3 Å². The van der Waals surface area contributed by atoms with Crippen LogP contribution in [0.1, 0.15) is 38.3 Å². The molecule has 2 aliphatic rings. The van der Waals surface area contributed by atoms with E-state index in [4.69, 9.17) is 14.5 Å². The van der Waals surface area contributed by atoms with E-state index < -0.39 is 11.2 Å². The molecule has 1 amide bonds. The SMILES string of the molecule is Cn1ncc2cc(-c3c(-c4cncs4)[nH]c4ncc5c(c34)C3(CCN(C(=O)OC(C)(C)C)C3)OC5)ccc21. The first-order valence-electron chi connectivity index (χ1n) is 12.7. The number of aromatic nitrogens is 5. The van der Waals surface area contributed by atoms with Gasteiger partial charge in [-0.2, -0.15) is 5.10 Å². The molecule has 6 heterocycles. The summed E-state index contributed by atoms with van der Waals surface area (Å²) in [6.45, 7) is 7.14. The zero-order valence-corrected chi connectivity index (χ0v) is 22.6. The Morgan fingerprint density at radius 3 is 2.89 bits per heavy atom. The van der Waals surface area contributed by atoms with Crippen LogP contribution in [-0.4, -0.2) is 54.4 Å². The van der Waals surface area contributed by atoms with Crippen molar-refractivity contribution in [2.45, 2.75) is 45.0 Å². The molecule has 0 bridgehead atoms. The van der Waals surface area contributed by atoms with Crippen molar-refractivity contribution in [3.05, 3.63) is 53.4 Å². The summed E-state index contributed by atoms with van der Waals surface area (Å²) in [5, 5.41) is 6.55. The second-order valence-electron chi connectivity index (χ2n) is 11.1. The molecule has 7 rings (SSSR count). The van der Waals surface area contributed by atoms with E-state index in [1.165, 1.54) is 0 Å². The topological polar surface area (TPSA) is 98.2 Å². The summed E-state index contributed by atoms with van der Waals surface area (Å²) in [4.78, 5) is 28.5. The van der Waals surface area contributed by atoms with Gasteiger partial charge in [0.15, 0.2) is 0 Å². The minimum absolute atomic E-state index is 0.307. The van der Waals surface area contributed by atoms with E-state index in [1.54, 1.807) is 16.2 Å². The summed E-state index contributed by atoms with van der Waals surface area (Å²) in [5.41, 5.74) is 7.83. The molecule has 4 aromatic heterocycles. The van der Waals surface area contributed by atoms with Crippen LogP contribution in [0.3, 0.4) is 0 Å². The van der Waals surface area contributed by atoms with Crippen LogP contribution in [-0.2, 0) is 28.7 Å². The zero-order chi connectivity index (χ0) is 26.2. The number of aromatic amines is 1. The highest BCUT2D eigenvalue weighted by Gasteiger charge is 2.49. The summed E-state index contributed by atoms with van der Waals surface area (Å²) in [7, 11) is 1.95. The van der Waals surface area contributed by atoms with Gasteiger partial charge in [-0.25, -0.2) is 9.78 Å². The Morgan fingerprint density at radius 2 is 2.11 bits per heavy atom. The minimum Gasteiger partial charge on any atom is -0.444 e. The van der Waals surface area contributed by atoms with Gasteiger partial charge in [-0.05, 0) is 38.5 Å². The fraction of sp³-hybridized carbons (Fsp3) is 0.357. The zero-order valence-electron chi connectivity index (χ0n) is 21.7. The molecule has 1 atom stereocenters. The van der Waals surface area contributed by atoms with E-state index in [-0.39, 0.29) is 6.09 Å². The summed E-state index contributed by atoms with van der Waals surface area (Å²) >= 11 is 1.59. The van der Waals surface area contributed by atoms with Gasteiger partial charge in [0.1, 0.15) is 16.8 Å². The minimum atomic E-state index is -0.617. The smallest absolute Gasteiger partial charge is 0.410 e. The van der Waals surface area contributed by atoms with Gasteiger partial charge in [-0.1, -0.05) is 6.07 Å². The number of amides is 1. The van der Waals surface area contributed by atoms with Crippen LogP contribution in [0, 0.1) is 0 Å². The van der Waals surface area contributed by atoms with E-state index >= 15 is 0 Å². The Balaban J connectivity index is 1.43. The lowest BCUT2D eigenvalue weighted by Crippen LogP contribution is -2.38. The predicted molar refractivity (Wildman–Crippen MR) is 146 cm³/mol. The Kier molecular flexibility index (Phi) is 4.99. The van der Waals surface area contributed by atoms with Crippen LogP contribution < -0.4 is 0 Å². The third-order valence-corrected chi connectivity index (χ3v) is 8.25. The number of carbonyl (C=O) groups excluding carboxylic acids is 1. The summed E-state index contributed by atoms with van der Waals surface area (Å²) in [6.07, 6.45) is 6.07. The number of likely N-dealkylation sites (tertiary alicyclic amines) is 1. The predicted octanol–water partition coefficient (Wildman–Crippen LogP) is 5.61. The van der Waals surface area contributed by atoms with Crippen LogP contribution in [0.2, 0.25) is 0 Å². The van der Waals surface area contributed by atoms with Crippen molar-refractivity contribution in [2.75, 3.05) is 13.1 Å². The van der Waals surface area contributed by atoms with Crippen molar-refractivity contribution in [2.24, 2.45) is 7.05 Å². The van der Waals surface area contributed by atoms with Crippen molar-refractivity contribution < 1.29 is 14.3 Å². The number of H-pyrrole nitrogens is 1. The number of thiazole rings is 1. The molecule has 2 aliphatic heterocycles. The fourth-order valence-corrected chi connectivity index (χ4v) is 6.46. The fourth-order valence-electron chi connectivity index (χ4n) is 5.83. The normalized spacial score (nSPS) is 19.2. The largest absolute Gasteiger partial charge is 0.444 e. The summed E-state index contributed by atoms with van der Waals surface area (Å²) < 4.78 is 14.1. The molecule has 1 spiro atoms. The molecule has 1 saturated heterocycles. The van der Waals surface area contributed by atoms with Gasteiger partial charge in [-0.15, -0.1) is 11.3 Å². The number of pyridine rings is 1. The highest BCUT2D eigenvalue weighted by atomic mass is 32.1. The van der Waals surface area contributed by atoms with Gasteiger partial charge in [0.2, 0.25) is 0 Å². The molecule has 5 aromatic rings. The average molecular weight is 529 g/mol. The summed E-state index contributed by atoms with van der Waals surface area (Å²) in [5.74, 6) is 0. The number of hydrogen-bond acceptors (Lipinski definition) is 7. The molecule has 1 unspecified atom stereocenters. The number of nitrogens with zero attached hydrogens (tertiary/aromatic N) is 5. The second kappa shape index (κ2) is 8.12. The molecule has 0 saturated carbocycles. The third kappa shape index (κ3) is 3.54. The molecule has 38 heavy (non-hydrogen) atoms. The number of rotatable bonds is 2. The lowest BCUT2D eigenvalue weighted by atomic mass is 9.87. The molecule has 1 fully saturated rings. The maximum Gasteiger partial charge on any atom is 0.410 e. The Hall–Kier alpha value is -3.76. The monoisotopic (exact) mass is 528 g/mol. The van der Waals surface area contributed by atoms with Gasteiger partial charge in [-0.3, -0.25) is 9.67 Å². The quantitative estimate of drug-likeness (QED) is 0.320. The van der Waals surface area contributed by atoms with Gasteiger partial charge in [0.25, 0.3) is 0 Å². The van der Waals surface area contributed by atoms with Crippen LogP contribution in [0.5, 0.6) is 0 Å². The Bertz CT molecular complexity index is 1710. The van der Waals surface area contributed by atoms with Crippen molar-refractivity contribution in [3.63, 3.8) is 0 Å². The first-order chi connectivity index (χ1) is 18.2. The van der Waals surface area contributed by atoms with Crippen LogP contribution in [0.25, 0.3) is 43.6 Å². The van der Waals surface area contributed by atoms with Crippen molar-refractivity contribution in [3.8, 4) is 21.7 Å². The molecule has 9 nitrogen and oxygen atoms in total. The van der Waals surface area contributed by atoms with Gasteiger partial charge in [0.05, 0.1) is 40.9 Å². The van der Waals surface area contributed by atoms with Crippen molar-refractivity contribution in [1.82, 2.24) is 29.6 Å². The van der Waals surface area contributed by atoms with Crippen molar-refractivity contribution in [1.29, 1.82) is 0 Å². The number of aryl methyl sites for hydroxylation is 1. The number of fused-ring (bicyclic) bond motifs is 5. The Labute approximate surface area is 223 Å². The van der Waals surface area contributed by atoms with E-state index in [9.17, 15) is 4.79 Å². The first kappa shape index (κ1) is 23.4. The van der Waals surface area contributed by atoms with E-state index in [0.717, 1.165) is 54.8 Å². The van der Waals surface area contributed by atoms with Crippen LogP contribution >= 0.6 is 11.3 Å². The van der Waals surface area contributed by atoms with E-state index in [2.05, 4.69) is 33.3 Å². The molecule has 0 aliphatic carbocycles. The standard InChI is InChI=1S/C28H28N6O3S/c1-27(2,3)37-26(35)34-8-7-28(14-34)23-18(13-36-28)10-30-25-22(23)21(24(32-25)20-12-29-15-38-20)16-5-6-19-17(9-16)11-31-33(19)4/h5-6,9-12,15H,7-8,13-14H2,1-4H3,(H,30,32). The van der Waals surface area contributed by atoms with Gasteiger partial charge < -0.3 is 19.4 Å². The number of nitrogens with one attached hydrogen (secondary N) is 1. The third-order valence-electron chi connectivity index (χ3n) is 7.46. The number of hydrogen-bond donors (Lipinski definition) is 1. The molecule has 1 N–H and O–H groups in total. The first-order valence-corrected chi connectivity index (χ1v) is 13.6. The Morgan fingerprint density at radius 1 is 1.24 bits per heavy atom. The molecule has 10 heteroatoms. The second-order valence-corrected chi connectivity index (χ2v) is 12.0. The number of ether oxygens (including phenoxy) is 2. The molecular weight excluding hydrogens is 500 g/mol. The highest BCUT2D eigenvalue weighted by molar-refractivity contribution is 7.13. The van der Waals surface area contributed by atoms with Gasteiger partial charge >= 0.3 is 6.09 Å². The molecule has 1 aromatic carbocycles. The van der Waals surface area contributed by atoms with Crippen molar-refractivity contribution >= 4 is 39.4 Å². The van der Waals surface area contributed by atoms with E-state index in [0.29, 0.717) is 26.1 Å². The molecule has 0 radical (unpaired) electrons. The highest BCUT2D eigenvalue weighted by Crippen LogP contribution is 2.51. The molecular formula is C28H28N6O3S. The summed E-state index contributed by atoms with van der Waals surface area (Å²) in [6, 6.07) is 6.43. The van der Waals surface area contributed by atoms with Crippen LogP contribution in [0.4, 0.5) is 4.79 Å².